The molecule has 1 aliphatic carbocycles. The van der Waals surface area contributed by atoms with Gasteiger partial charge in [0.1, 0.15) is 28.5 Å². The van der Waals surface area contributed by atoms with Crippen LogP contribution in [0.3, 0.4) is 0 Å². The molecular weight excluding hydrogens is 898 g/mol. The first-order chi connectivity index (χ1) is 29.9. The number of Topliss-reactive ketones (excluding diaryl/α,β-unsaturated/α-hetero) is 1. The largest absolute Gasteiger partial charge is 0.497 e. The molecule has 1 unspecified atom stereocenters. The first-order valence-electron chi connectivity index (χ1n) is 20.1. The Morgan fingerprint density at radius 1 is 0.875 bits per heavy atom. The van der Waals surface area contributed by atoms with Crippen molar-refractivity contribution >= 4 is 51.8 Å². The molecule has 1 saturated carbocycles. The van der Waals surface area contributed by atoms with Gasteiger partial charge >= 0.3 is 18.3 Å². The number of rotatable bonds is 15. The van der Waals surface area contributed by atoms with Gasteiger partial charge in [-0.05, 0) is 77.6 Å². The van der Waals surface area contributed by atoms with E-state index in [4.69, 9.17) is 32.0 Å². The molecule has 21 heteroatoms. The van der Waals surface area contributed by atoms with Gasteiger partial charge in [0, 0.05) is 24.5 Å². The van der Waals surface area contributed by atoms with Gasteiger partial charge in [-0.1, -0.05) is 86.8 Å². The molecule has 3 aromatic rings. The minimum absolute atomic E-state index is 0.0411. The van der Waals surface area contributed by atoms with E-state index in [0.717, 1.165) is 28.9 Å². The fourth-order valence-corrected chi connectivity index (χ4v) is 9.16. The van der Waals surface area contributed by atoms with Gasteiger partial charge in [-0.2, -0.15) is 26.3 Å². The Kier molecular flexibility index (Phi) is 17.4. The zero-order chi connectivity index (χ0) is 47.7. The Labute approximate surface area is 372 Å². The summed E-state index contributed by atoms with van der Waals surface area (Å²) in [4.78, 5) is 66.1. The van der Waals surface area contributed by atoms with Crippen molar-refractivity contribution in [2.75, 3.05) is 13.7 Å². The first-order valence-corrected chi connectivity index (χ1v) is 21.7. The molecule has 13 nitrogen and oxygen atoms in total. The Balaban J connectivity index is 0.00000118. The van der Waals surface area contributed by atoms with E-state index in [1.54, 1.807) is 72.8 Å². The standard InChI is InChI=1S/C41H48ClF3N4O7S.C2HF3O2/c1-24(2)34(36(50)41(43,44)45)48-37(51)33-21-28(35(57(54)55)27-10-16-31(56-3)17-11-27)23-49(33)38(52)32(20-25-6-8-26(22-46)9-7-25)47-39(53)40(18-4-5-19-40)29-12-14-30(42)15-13-29;3-2(4,5)1(6)7/h6-17,24,28,32-35,57H,4-5,18-23,46H2,1-3H3,(H,47,53)(H,48,51);(H,6,7)/t28-,32+,33+,34+,35?;/m1./s1. The highest BCUT2D eigenvalue weighted by Gasteiger charge is 2.50. The molecule has 64 heavy (non-hydrogen) atoms. The Morgan fingerprint density at radius 2 is 1.42 bits per heavy atom. The number of benzene rings is 3. The second-order valence-corrected chi connectivity index (χ2v) is 17.5. The summed E-state index contributed by atoms with van der Waals surface area (Å²) in [6.45, 7) is 2.66. The number of nitrogens with one attached hydrogen (secondary N) is 2. The lowest BCUT2D eigenvalue weighted by molar-refractivity contribution is -0.192. The van der Waals surface area contributed by atoms with Gasteiger partial charge in [0.25, 0.3) is 5.78 Å². The summed E-state index contributed by atoms with van der Waals surface area (Å²) in [6, 6.07) is 15.5. The van der Waals surface area contributed by atoms with E-state index < -0.39 is 93.2 Å². The molecule has 2 aliphatic rings. The molecule has 0 radical (unpaired) electrons. The average molecular weight is 947 g/mol. The third-order valence-corrected chi connectivity index (χ3v) is 12.8. The molecule has 2 fully saturated rings. The number of likely N-dealkylation sites (tertiary alicyclic amines) is 1. The van der Waals surface area contributed by atoms with Crippen LogP contribution in [0.4, 0.5) is 26.3 Å². The number of hydrogen-bond acceptors (Lipinski definition) is 9. The number of carbonyl (C=O) groups excluding carboxylic acids is 4. The normalized spacial score (nSPS) is 18.7. The number of nitrogens with zero attached hydrogens (tertiary/aromatic N) is 1. The summed E-state index contributed by atoms with van der Waals surface area (Å²) in [5.41, 5.74) is 7.34. The Bertz CT molecular complexity index is 2190. The Morgan fingerprint density at radius 3 is 1.89 bits per heavy atom. The van der Waals surface area contributed by atoms with Crippen LogP contribution >= 0.6 is 11.6 Å². The molecule has 0 bridgehead atoms. The molecule has 350 valence electrons. The molecule has 5 atom stereocenters. The summed E-state index contributed by atoms with van der Waals surface area (Å²) in [5.74, 6) is -8.55. The van der Waals surface area contributed by atoms with Crippen LogP contribution in [-0.4, -0.2) is 92.0 Å². The highest BCUT2D eigenvalue weighted by Crippen LogP contribution is 2.42. The third kappa shape index (κ3) is 12.7. The number of methoxy groups -OCH3 is 1. The number of ether oxygens (including phenoxy) is 1. The highest BCUT2D eigenvalue weighted by molar-refractivity contribution is 7.72. The van der Waals surface area contributed by atoms with E-state index in [1.165, 1.54) is 21.0 Å². The minimum atomic E-state index is -5.26. The quantitative estimate of drug-likeness (QED) is 0.0913. The van der Waals surface area contributed by atoms with Crippen LogP contribution in [0.5, 0.6) is 5.75 Å². The molecule has 5 rings (SSSR count). The minimum Gasteiger partial charge on any atom is -0.497 e. The van der Waals surface area contributed by atoms with E-state index in [-0.39, 0.29) is 25.9 Å². The number of hydrogen-bond donors (Lipinski definition) is 5. The maximum Gasteiger partial charge on any atom is 0.490 e. The zero-order valence-corrected chi connectivity index (χ0v) is 36.5. The van der Waals surface area contributed by atoms with Crippen LogP contribution in [0, 0.1) is 11.8 Å². The molecule has 0 aromatic heterocycles. The molecule has 3 amide bonds. The van der Waals surface area contributed by atoms with Crippen LogP contribution in [0.1, 0.15) is 73.5 Å². The van der Waals surface area contributed by atoms with E-state index >= 15 is 0 Å². The molecule has 1 aliphatic heterocycles. The second-order valence-electron chi connectivity index (χ2n) is 15.9. The van der Waals surface area contributed by atoms with Crippen molar-refractivity contribution < 1.29 is 68.6 Å². The topological polar surface area (TPSA) is 202 Å². The van der Waals surface area contributed by atoms with Crippen LogP contribution in [0.15, 0.2) is 72.8 Å². The van der Waals surface area contributed by atoms with Crippen LogP contribution in [0.2, 0.25) is 5.02 Å². The number of amides is 3. The summed E-state index contributed by atoms with van der Waals surface area (Å²) < 4.78 is 104. The van der Waals surface area contributed by atoms with Crippen molar-refractivity contribution in [1.29, 1.82) is 0 Å². The number of nitrogens with two attached hydrogens (primary N) is 1. The third-order valence-electron chi connectivity index (χ3n) is 11.4. The van der Waals surface area contributed by atoms with Crippen molar-refractivity contribution in [3.8, 4) is 5.75 Å². The van der Waals surface area contributed by atoms with Crippen LogP contribution in [0.25, 0.3) is 0 Å². The zero-order valence-electron chi connectivity index (χ0n) is 34.9. The van der Waals surface area contributed by atoms with Crippen molar-refractivity contribution in [2.45, 2.75) is 100 Å². The van der Waals surface area contributed by atoms with Gasteiger partial charge in [0.05, 0.1) is 23.8 Å². The van der Waals surface area contributed by atoms with Gasteiger partial charge in [-0.25, -0.2) is 13.2 Å². The monoisotopic (exact) mass is 946 g/mol. The van der Waals surface area contributed by atoms with Crippen molar-refractivity contribution in [1.82, 2.24) is 15.5 Å². The number of alkyl halides is 6. The van der Waals surface area contributed by atoms with Gasteiger partial charge < -0.3 is 31.1 Å². The SMILES string of the molecule is COc1ccc(C([C@@H]2C[C@@H](C(=O)N[C@H](C(=O)C(F)(F)F)C(C)C)N(C(=O)[C@H](Cc3ccc(CN)cc3)NC(=O)C3(c4ccc(Cl)cc4)CCCC3)C2)[SH](=O)=O)cc1.O=C(O)C(F)(F)F. The smallest absolute Gasteiger partial charge is 0.490 e. The predicted molar refractivity (Wildman–Crippen MR) is 223 cm³/mol. The highest BCUT2D eigenvalue weighted by atomic mass is 35.5. The fourth-order valence-electron chi connectivity index (χ4n) is 8.06. The van der Waals surface area contributed by atoms with Crippen molar-refractivity contribution in [3.05, 3.63) is 100 Å². The van der Waals surface area contributed by atoms with E-state index in [0.29, 0.717) is 34.7 Å². The summed E-state index contributed by atoms with van der Waals surface area (Å²) in [7, 11) is -1.76. The van der Waals surface area contributed by atoms with E-state index in [1.807, 2.05) is 0 Å². The van der Waals surface area contributed by atoms with Crippen LogP contribution < -0.4 is 21.1 Å². The number of ketones is 1. The number of thiol groups is 1. The lowest BCUT2D eigenvalue weighted by Crippen LogP contribution is -2.58. The molecular formula is C43H49ClF6N4O9S. The number of carboxylic acid groups (broad SMARTS) is 1. The maximum absolute atomic E-state index is 15.0. The first kappa shape index (κ1) is 51.4. The Hall–Kier alpha value is -5.21. The van der Waals surface area contributed by atoms with Crippen molar-refractivity contribution in [3.63, 3.8) is 0 Å². The van der Waals surface area contributed by atoms with Crippen LogP contribution in [-0.2, 0) is 53.1 Å². The van der Waals surface area contributed by atoms with Gasteiger partial charge in [0.15, 0.2) is 0 Å². The van der Waals surface area contributed by atoms with E-state index in [2.05, 4.69) is 10.6 Å². The summed E-state index contributed by atoms with van der Waals surface area (Å²) in [6.07, 6.45) is -8.16. The number of halogens is 7. The fraction of sp³-hybridized carbons (Fsp3) is 0.465. The summed E-state index contributed by atoms with van der Waals surface area (Å²) in [5, 5.41) is 11.6. The van der Waals surface area contributed by atoms with Gasteiger partial charge in [-0.3, -0.25) is 19.2 Å². The predicted octanol–water partition coefficient (Wildman–Crippen LogP) is 5.82. The molecule has 3 aromatic carbocycles. The average Bonchev–Trinajstić information content (AvgIpc) is 3.92. The van der Waals surface area contributed by atoms with E-state index in [9.17, 15) is 53.9 Å². The van der Waals surface area contributed by atoms with Crippen molar-refractivity contribution in [2.24, 2.45) is 17.6 Å². The molecule has 0 spiro atoms. The summed E-state index contributed by atoms with van der Waals surface area (Å²) >= 11 is 6.18. The molecule has 5 N–H and O–H groups in total. The van der Waals surface area contributed by atoms with Gasteiger partial charge in [-0.15, -0.1) is 0 Å². The number of aliphatic carboxylic acids is 1. The number of carboxylic acids is 1. The lowest BCUT2D eigenvalue weighted by atomic mass is 9.77. The number of carbonyl (C=O) groups is 5. The molecule has 1 saturated heterocycles. The second kappa shape index (κ2) is 21.6. The maximum atomic E-state index is 15.0. The molecule has 1 heterocycles. The van der Waals surface area contributed by atoms with Gasteiger partial charge in [0.2, 0.25) is 17.7 Å². The lowest BCUT2D eigenvalue weighted by Gasteiger charge is -2.34.